The first-order valence-electron chi connectivity index (χ1n) is 3.86. The molecule has 0 aliphatic heterocycles. The summed E-state index contributed by atoms with van der Waals surface area (Å²) >= 11 is 0. The minimum absolute atomic E-state index is 0.132. The maximum absolute atomic E-state index is 10.9. The van der Waals surface area contributed by atoms with E-state index in [-0.39, 0.29) is 5.78 Å². The SMILES string of the molecule is C=C(C)C(=O)OC(CC)C(C)=O. The van der Waals surface area contributed by atoms with E-state index in [0.29, 0.717) is 12.0 Å². The highest BCUT2D eigenvalue weighted by Crippen LogP contribution is 2.03. The molecule has 0 aromatic carbocycles. The fourth-order valence-electron chi connectivity index (χ4n) is 0.684. The van der Waals surface area contributed by atoms with Gasteiger partial charge in [-0.25, -0.2) is 4.79 Å². The maximum atomic E-state index is 10.9. The molecule has 0 spiro atoms. The third kappa shape index (κ3) is 3.32. The van der Waals surface area contributed by atoms with Crippen molar-refractivity contribution in [3.63, 3.8) is 0 Å². The summed E-state index contributed by atoms with van der Waals surface area (Å²) in [4.78, 5) is 21.8. The van der Waals surface area contributed by atoms with Crippen molar-refractivity contribution in [3.05, 3.63) is 12.2 Å². The standard InChI is InChI=1S/C9H14O3/c1-5-8(7(4)10)12-9(11)6(2)3/h8H,2,5H2,1,3-4H3. The Morgan fingerprint density at radius 3 is 2.17 bits per heavy atom. The fourth-order valence-corrected chi connectivity index (χ4v) is 0.684. The van der Waals surface area contributed by atoms with E-state index in [1.54, 1.807) is 13.8 Å². The van der Waals surface area contributed by atoms with Crippen LogP contribution in [-0.2, 0) is 14.3 Å². The largest absolute Gasteiger partial charge is 0.451 e. The van der Waals surface area contributed by atoms with Gasteiger partial charge in [0.05, 0.1) is 0 Å². The summed E-state index contributed by atoms with van der Waals surface area (Å²) in [5.74, 6) is -0.635. The van der Waals surface area contributed by atoms with Gasteiger partial charge in [0.15, 0.2) is 11.9 Å². The van der Waals surface area contributed by atoms with E-state index >= 15 is 0 Å². The number of Topliss-reactive ketones (excluding diaryl/α,β-unsaturated/α-hetero) is 1. The summed E-state index contributed by atoms with van der Waals surface area (Å²) in [6.07, 6.45) is -0.108. The first kappa shape index (κ1) is 10.9. The molecule has 0 rings (SSSR count). The van der Waals surface area contributed by atoms with Gasteiger partial charge in [-0.05, 0) is 20.3 Å². The smallest absolute Gasteiger partial charge is 0.333 e. The predicted molar refractivity (Wildman–Crippen MR) is 45.7 cm³/mol. The zero-order valence-corrected chi connectivity index (χ0v) is 7.72. The number of ketones is 1. The zero-order valence-electron chi connectivity index (χ0n) is 7.72. The van der Waals surface area contributed by atoms with Crippen LogP contribution in [0.25, 0.3) is 0 Å². The Labute approximate surface area is 72.4 Å². The van der Waals surface area contributed by atoms with Gasteiger partial charge in [-0.2, -0.15) is 0 Å². The molecular weight excluding hydrogens is 156 g/mol. The van der Waals surface area contributed by atoms with Crippen molar-refractivity contribution in [1.82, 2.24) is 0 Å². The molecule has 1 atom stereocenters. The molecule has 0 amide bonds. The predicted octanol–water partition coefficient (Wildman–Crippen LogP) is 1.47. The van der Waals surface area contributed by atoms with Crippen LogP contribution in [0.5, 0.6) is 0 Å². The number of esters is 1. The molecule has 68 valence electrons. The number of hydrogen-bond donors (Lipinski definition) is 0. The molecule has 12 heavy (non-hydrogen) atoms. The lowest BCUT2D eigenvalue weighted by Gasteiger charge is -2.12. The van der Waals surface area contributed by atoms with Crippen molar-refractivity contribution in [1.29, 1.82) is 0 Å². The van der Waals surface area contributed by atoms with E-state index in [9.17, 15) is 9.59 Å². The summed E-state index contributed by atoms with van der Waals surface area (Å²) in [7, 11) is 0. The average Bonchev–Trinajstić information content (AvgIpc) is 1.98. The summed E-state index contributed by atoms with van der Waals surface area (Å²) in [6, 6.07) is 0. The van der Waals surface area contributed by atoms with Crippen LogP contribution in [0.15, 0.2) is 12.2 Å². The van der Waals surface area contributed by atoms with E-state index in [1.807, 2.05) is 0 Å². The lowest BCUT2D eigenvalue weighted by Crippen LogP contribution is -2.24. The van der Waals surface area contributed by atoms with Crippen molar-refractivity contribution in [2.24, 2.45) is 0 Å². The first-order valence-corrected chi connectivity index (χ1v) is 3.86. The lowest BCUT2D eigenvalue weighted by atomic mass is 10.2. The van der Waals surface area contributed by atoms with Crippen molar-refractivity contribution in [2.75, 3.05) is 0 Å². The monoisotopic (exact) mass is 170 g/mol. The van der Waals surface area contributed by atoms with E-state index in [0.717, 1.165) is 0 Å². The molecule has 3 nitrogen and oxygen atoms in total. The summed E-state index contributed by atoms with van der Waals surface area (Å²) in [5.41, 5.74) is 0.315. The van der Waals surface area contributed by atoms with Crippen LogP contribution in [0.3, 0.4) is 0 Å². The normalized spacial score (nSPS) is 11.9. The van der Waals surface area contributed by atoms with Crippen LogP contribution in [0.4, 0.5) is 0 Å². The molecule has 0 saturated carbocycles. The highest BCUT2D eigenvalue weighted by Gasteiger charge is 2.16. The Morgan fingerprint density at radius 1 is 1.42 bits per heavy atom. The molecule has 0 N–H and O–H groups in total. The number of rotatable bonds is 4. The van der Waals surface area contributed by atoms with Crippen molar-refractivity contribution in [3.8, 4) is 0 Å². The minimum Gasteiger partial charge on any atom is -0.451 e. The zero-order chi connectivity index (χ0) is 9.72. The Kier molecular flexibility index (Phi) is 4.26. The number of hydrogen-bond acceptors (Lipinski definition) is 3. The Balaban J connectivity index is 4.12. The third-order valence-electron chi connectivity index (χ3n) is 1.42. The van der Waals surface area contributed by atoms with Gasteiger partial charge in [0.1, 0.15) is 0 Å². The van der Waals surface area contributed by atoms with Gasteiger partial charge in [0.25, 0.3) is 0 Å². The molecule has 0 saturated heterocycles. The highest BCUT2D eigenvalue weighted by molar-refractivity contribution is 5.90. The topological polar surface area (TPSA) is 43.4 Å². The quantitative estimate of drug-likeness (QED) is 0.474. The van der Waals surface area contributed by atoms with Crippen molar-refractivity contribution in [2.45, 2.75) is 33.3 Å². The van der Waals surface area contributed by atoms with Crippen LogP contribution in [0.2, 0.25) is 0 Å². The van der Waals surface area contributed by atoms with E-state index in [2.05, 4.69) is 6.58 Å². The molecule has 0 aromatic heterocycles. The van der Waals surface area contributed by atoms with Gasteiger partial charge in [-0.15, -0.1) is 0 Å². The Morgan fingerprint density at radius 2 is 1.92 bits per heavy atom. The summed E-state index contributed by atoms with van der Waals surface area (Å²) in [5, 5.41) is 0. The molecular formula is C9H14O3. The minimum atomic E-state index is -0.616. The second-order valence-electron chi connectivity index (χ2n) is 2.69. The second-order valence-corrected chi connectivity index (χ2v) is 2.69. The highest BCUT2D eigenvalue weighted by atomic mass is 16.5. The van der Waals surface area contributed by atoms with Crippen LogP contribution < -0.4 is 0 Å². The maximum Gasteiger partial charge on any atom is 0.333 e. The van der Waals surface area contributed by atoms with Gasteiger partial charge in [0.2, 0.25) is 0 Å². The molecule has 0 heterocycles. The summed E-state index contributed by atoms with van der Waals surface area (Å²) in [6.45, 7) is 8.16. The van der Waals surface area contributed by atoms with Crippen LogP contribution in [-0.4, -0.2) is 17.9 Å². The van der Waals surface area contributed by atoms with Crippen LogP contribution in [0, 0.1) is 0 Å². The molecule has 0 aliphatic rings. The fraction of sp³-hybridized carbons (Fsp3) is 0.556. The molecule has 0 aliphatic carbocycles. The van der Waals surface area contributed by atoms with E-state index in [4.69, 9.17) is 4.74 Å². The molecule has 0 radical (unpaired) electrons. The third-order valence-corrected chi connectivity index (χ3v) is 1.42. The first-order chi connectivity index (χ1) is 5.49. The van der Waals surface area contributed by atoms with Crippen molar-refractivity contribution >= 4 is 11.8 Å². The number of carbonyl (C=O) groups is 2. The Hall–Kier alpha value is -1.12. The van der Waals surface area contributed by atoms with E-state index in [1.165, 1.54) is 6.92 Å². The van der Waals surface area contributed by atoms with Gasteiger partial charge in [0, 0.05) is 5.57 Å². The van der Waals surface area contributed by atoms with Crippen LogP contribution >= 0.6 is 0 Å². The summed E-state index contributed by atoms with van der Waals surface area (Å²) < 4.78 is 4.83. The van der Waals surface area contributed by atoms with Gasteiger partial charge in [-0.1, -0.05) is 13.5 Å². The molecule has 0 bridgehead atoms. The average molecular weight is 170 g/mol. The second kappa shape index (κ2) is 4.70. The number of carbonyl (C=O) groups excluding carboxylic acids is 2. The van der Waals surface area contributed by atoms with Gasteiger partial charge in [-0.3, -0.25) is 4.79 Å². The van der Waals surface area contributed by atoms with Crippen LogP contribution in [0.1, 0.15) is 27.2 Å². The van der Waals surface area contributed by atoms with Gasteiger partial charge < -0.3 is 4.74 Å². The molecule has 3 heteroatoms. The molecule has 1 unspecified atom stereocenters. The molecule has 0 aromatic rings. The van der Waals surface area contributed by atoms with Crippen molar-refractivity contribution < 1.29 is 14.3 Å². The molecule has 0 fully saturated rings. The lowest BCUT2D eigenvalue weighted by molar-refractivity contribution is -0.150. The number of ether oxygens (including phenoxy) is 1. The Bertz CT molecular complexity index is 206. The van der Waals surface area contributed by atoms with E-state index < -0.39 is 12.1 Å². The van der Waals surface area contributed by atoms with Gasteiger partial charge >= 0.3 is 5.97 Å².